The molecular formula is C28H24F2N6O3. The molecule has 0 radical (unpaired) electrons. The molecule has 1 aliphatic heterocycles. The van der Waals surface area contributed by atoms with Crippen LogP contribution in [0.4, 0.5) is 8.78 Å². The van der Waals surface area contributed by atoms with E-state index >= 15 is 4.39 Å². The molecule has 0 N–H and O–H groups in total. The lowest BCUT2D eigenvalue weighted by molar-refractivity contribution is 0.00365. The molecule has 2 unspecified atom stereocenters. The van der Waals surface area contributed by atoms with E-state index < -0.39 is 11.6 Å². The predicted octanol–water partition coefficient (Wildman–Crippen LogP) is 4.97. The Morgan fingerprint density at radius 3 is 2.59 bits per heavy atom. The van der Waals surface area contributed by atoms with Crippen LogP contribution in [0.1, 0.15) is 47.8 Å². The summed E-state index contributed by atoms with van der Waals surface area (Å²) < 4.78 is 41.8. The van der Waals surface area contributed by atoms with Gasteiger partial charge in [-0.05, 0) is 56.5 Å². The van der Waals surface area contributed by atoms with E-state index in [0.717, 1.165) is 11.6 Å². The molecular weight excluding hydrogens is 506 g/mol. The monoisotopic (exact) mass is 530 g/mol. The third-order valence-corrected chi connectivity index (χ3v) is 6.97. The molecule has 5 aromatic rings. The highest BCUT2D eigenvalue weighted by molar-refractivity contribution is 5.93. The molecule has 1 fully saturated rings. The summed E-state index contributed by atoms with van der Waals surface area (Å²) in [6.07, 6.45) is 2.71. The van der Waals surface area contributed by atoms with Crippen molar-refractivity contribution in [1.82, 2.24) is 29.7 Å². The fourth-order valence-corrected chi connectivity index (χ4v) is 4.92. The molecule has 1 saturated heterocycles. The van der Waals surface area contributed by atoms with Crippen LogP contribution >= 0.6 is 0 Å². The van der Waals surface area contributed by atoms with Gasteiger partial charge in [-0.15, -0.1) is 0 Å². The Bertz CT molecular complexity index is 1780. The zero-order valence-electron chi connectivity index (χ0n) is 21.5. The predicted molar refractivity (Wildman–Crippen MR) is 138 cm³/mol. The minimum Gasteiger partial charge on any atom is -0.373 e. The van der Waals surface area contributed by atoms with Crippen LogP contribution in [-0.2, 0) is 11.8 Å². The van der Waals surface area contributed by atoms with Gasteiger partial charge in [-0.2, -0.15) is 4.98 Å². The number of aromatic nitrogens is 6. The van der Waals surface area contributed by atoms with Crippen molar-refractivity contribution in [3.05, 3.63) is 87.5 Å². The van der Waals surface area contributed by atoms with Crippen LogP contribution in [0.25, 0.3) is 33.7 Å². The number of benzene rings is 1. The fourth-order valence-electron chi connectivity index (χ4n) is 4.92. The van der Waals surface area contributed by atoms with Crippen LogP contribution in [0.2, 0.25) is 0 Å². The van der Waals surface area contributed by atoms with E-state index in [-0.39, 0.29) is 29.0 Å². The van der Waals surface area contributed by atoms with Crippen molar-refractivity contribution in [2.75, 3.05) is 6.61 Å². The molecule has 0 spiro atoms. The van der Waals surface area contributed by atoms with Gasteiger partial charge in [-0.1, -0.05) is 5.16 Å². The van der Waals surface area contributed by atoms with Gasteiger partial charge in [0.2, 0.25) is 5.56 Å². The minimum atomic E-state index is -0.744. The second-order valence-corrected chi connectivity index (χ2v) is 9.69. The summed E-state index contributed by atoms with van der Waals surface area (Å²) in [7, 11) is 1.69. The largest absolute Gasteiger partial charge is 0.373 e. The first kappa shape index (κ1) is 24.9. The molecule has 1 aromatic carbocycles. The normalized spacial score (nSPS) is 17.6. The number of ether oxygens (including phenoxy) is 1. The van der Waals surface area contributed by atoms with Gasteiger partial charge in [0.1, 0.15) is 17.5 Å². The van der Waals surface area contributed by atoms with Crippen molar-refractivity contribution in [1.29, 1.82) is 0 Å². The van der Waals surface area contributed by atoms with Crippen LogP contribution in [0, 0.1) is 25.5 Å². The summed E-state index contributed by atoms with van der Waals surface area (Å²) in [5, 5.41) is 4.33. The van der Waals surface area contributed by atoms with Crippen LogP contribution in [0.15, 0.2) is 51.9 Å². The van der Waals surface area contributed by atoms with E-state index in [4.69, 9.17) is 24.2 Å². The average molecular weight is 531 g/mol. The van der Waals surface area contributed by atoms with Crippen molar-refractivity contribution in [3.8, 4) is 22.7 Å². The Morgan fingerprint density at radius 2 is 1.85 bits per heavy atom. The Kier molecular flexibility index (Phi) is 6.22. The number of halogens is 2. The van der Waals surface area contributed by atoms with Crippen molar-refractivity contribution >= 4 is 11.0 Å². The summed E-state index contributed by atoms with van der Waals surface area (Å²) in [5.41, 5.74) is 2.75. The number of pyridine rings is 2. The highest BCUT2D eigenvalue weighted by Crippen LogP contribution is 2.39. The van der Waals surface area contributed by atoms with Gasteiger partial charge in [-0.25, -0.2) is 23.7 Å². The van der Waals surface area contributed by atoms with Gasteiger partial charge >= 0.3 is 0 Å². The molecule has 0 saturated carbocycles. The van der Waals surface area contributed by atoms with Gasteiger partial charge < -0.3 is 13.8 Å². The number of hydrogen-bond acceptors (Lipinski definition) is 8. The second kappa shape index (κ2) is 9.73. The summed E-state index contributed by atoms with van der Waals surface area (Å²) in [6.45, 7) is 3.97. The minimum absolute atomic E-state index is 0.105. The van der Waals surface area contributed by atoms with E-state index in [2.05, 4.69) is 10.1 Å². The number of fused-ring (bicyclic) bond motifs is 1. The molecule has 39 heavy (non-hydrogen) atoms. The highest BCUT2D eigenvalue weighted by Gasteiger charge is 2.29. The first-order valence-electron chi connectivity index (χ1n) is 12.5. The first-order chi connectivity index (χ1) is 18.8. The molecule has 0 amide bonds. The Balaban J connectivity index is 1.49. The Hall–Kier alpha value is -4.38. The molecule has 198 valence electrons. The van der Waals surface area contributed by atoms with Gasteiger partial charge in [0.25, 0.3) is 5.89 Å². The third kappa shape index (κ3) is 4.69. The molecule has 9 nitrogen and oxygen atoms in total. The molecule has 4 aromatic heterocycles. The molecule has 0 aliphatic carbocycles. The molecule has 2 atom stereocenters. The van der Waals surface area contributed by atoms with E-state index in [1.165, 1.54) is 22.8 Å². The van der Waals surface area contributed by atoms with E-state index in [1.807, 2.05) is 0 Å². The number of hydrogen-bond donors (Lipinski definition) is 0. The summed E-state index contributed by atoms with van der Waals surface area (Å²) in [6, 6.07) is 8.42. The number of aryl methyl sites for hydroxylation is 3. The molecule has 6 rings (SSSR count). The lowest BCUT2D eigenvalue weighted by Crippen LogP contribution is -2.23. The topological polar surface area (TPSA) is 109 Å². The molecule has 0 bridgehead atoms. The highest BCUT2D eigenvalue weighted by atomic mass is 19.1. The summed E-state index contributed by atoms with van der Waals surface area (Å²) in [5.74, 6) is -0.310. The second-order valence-electron chi connectivity index (χ2n) is 9.69. The number of nitrogens with zero attached hydrogens (tertiary/aromatic N) is 6. The van der Waals surface area contributed by atoms with Gasteiger partial charge in [0.05, 0.1) is 23.1 Å². The molecule has 1 aliphatic rings. The SMILES string of the molecule is Cc1noc(-c2cc3c(-c4ccc(F)cc4F)nc(C4CCOC(c5ccc(=O)n(C)c5)C4)nc3nc2C)n1. The summed E-state index contributed by atoms with van der Waals surface area (Å²) >= 11 is 0. The van der Waals surface area contributed by atoms with Crippen LogP contribution in [0.5, 0.6) is 0 Å². The van der Waals surface area contributed by atoms with Crippen molar-refractivity contribution in [2.45, 2.75) is 38.7 Å². The maximum atomic E-state index is 15.1. The standard InChI is InChI=1S/C28H24F2N6O3/c1-14-20(28-32-15(2)35-39-28)12-21-25(19-6-5-18(29)11-22(19)30)33-26(34-27(21)31-14)16-8-9-38-23(10-16)17-4-7-24(37)36(3)13-17/h4-7,11-13,16,23H,8-10H2,1-3H3. The van der Waals surface area contributed by atoms with Gasteiger partial charge in [0.15, 0.2) is 11.5 Å². The van der Waals surface area contributed by atoms with Crippen molar-refractivity contribution in [3.63, 3.8) is 0 Å². The Labute approximate surface area is 221 Å². The number of rotatable bonds is 4. The van der Waals surface area contributed by atoms with Crippen molar-refractivity contribution < 1.29 is 18.0 Å². The maximum absolute atomic E-state index is 15.1. The quantitative estimate of drug-likeness (QED) is 0.320. The van der Waals surface area contributed by atoms with Gasteiger partial charge in [-0.3, -0.25) is 4.79 Å². The van der Waals surface area contributed by atoms with Crippen LogP contribution < -0.4 is 5.56 Å². The van der Waals surface area contributed by atoms with Crippen LogP contribution in [0.3, 0.4) is 0 Å². The maximum Gasteiger partial charge on any atom is 0.259 e. The fraction of sp³-hybridized carbons (Fsp3) is 0.286. The van der Waals surface area contributed by atoms with E-state index in [9.17, 15) is 9.18 Å². The van der Waals surface area contributed by atoms with E-state index in [1.54, 1.807) is 39.2 Å². The summed E-state index contributed by atoms with van der Waals surface area (Å²) in [4.78, 5) is 30.5. The third-order valence-electron chi connectivity index (χ3n) is 6.97. The van der Waals surface area contributed by atoms with Crippen molar-refractivity contribution in [2.24, 2.45) is 7.05 Å². The average Bonchev–Trinajstić information content (AvgIpc) is 3.35. The van der Waals surface area contributed by atoms with Gasteiger partial charge in [0, 0.05) is 48.9 Å². The first-order valence-corrected chi connectivity index (χ1v) is 12.5. The zero-order valence-corrected chi connectivity index (χ0v) is 21.5. The lowest BCUT2D eigenvalue weighted by atomic mass is 9.91. The Morgan fingerprint density at radius 1 is 1.00 bits per heavy atom. The molecule has 5 heterocycles. The van der Waals surface area contributed by atoms with E-state index in [0.29, 0.717) is 59.1 Å². The lowest BCUT2D eigenvalue weighted by Gasteiger charge is -2.29. The zero-order chi connectivity index (χ0) is 27.3. The van der Waals surface area contributed by atoms with Crippen LogP contribution in [-0.4, -0.2) is 36.3 Å². The smallest absolute Gasteiger partial charge is 0.259 e. The molecule has 11 heteroatoms.